The third-order valence-electron chi connectivity index (χ3n) is 5.35. The van der Waals surface area contributed by atoms with E-state index in [1.807, 2.05) is 4.90 Å². The Labute approximate surface area is 162 Å². The van der Waals surface area contributed by atoms with Gasteiger partial charge in [0.05, 0.1) is 6.20 Å². The first-order valence-corrected chi connectivity index (χ1v) is 9.46. The number of nitrogens with zero attached hydrogens (tertiary/aromatic N) is 3. The predicted molar refractivity (Wildman–Crippen MR) is 100 cm³/mol. The molecule has 2 aliphatic rings. The Bertz CT molecular complexity index is 836. The molecule has 1 saturated heterocycles. The van der Waals surface area contributed by atoms with Gasteiger partial charge < -0.3 is 14.5 Å². The molecule has 0 N–H and O–H groups in total. The molecular weight excluding hydrogens is 361 g/mol. The highest BCUT2D eigenvalue weighted by molar-refractivity contribution is 5.83. The van der Waals surface area contributed by atoms with E-state index in [4.69, 9.17) is 4.74 Å². The van der Waals surface area contributed by atoms with Gasteiger partial charge in [-0.2, -0.15) is 0 Å². The Balaban J connectivity index is 1.23. The Kier molecular flexibility index (Phi) is 5.23. The van der Waals surface area contributed by atoms with E-state index >= 15 is 0 Å². The van der Waals surface area contributed by atoms with Gasteiger partial charge in [0, 0.05) is 38.3 Å². The number of piperazine rings is 1. The highest BCUT2D eigenvalue weighted by Gasteiger charge is 2.46. The van der Waals surface area contributed by atoms with Gasteiger partial charge in [-0.3, -0.25) is 14.6 Å². The fourth-order valence-electron chi connectivity index (χ4n) is 3.63. The molecule has 2 heterocycles. The lowest BCUT2D eigenvalue weighted by Crippen LogP contribution is -2.52. The zero-order chi connectivity index (χ0) is 19.5. The Hall–Kier alpha value is -2.96. The zero-order valence-corrected chi connectivity index (χ0v) is 15.5. The second-order valence-corrected chi connectivity index (χ2v) is 7.18. The van der Waals surface area contributed by atoms with Crippen molar-refractivity contribution in [2.45, 2.75) is 12.3 Å². The normalized spacial score (nSPS) is 21.3. The first kappa shape index (κ1) is 18.4. The van der Waals surface area contributed by atoms with Gasteiger partial charge in [-0.05, 0) is 42.2 Å². The highest BCUT2D eigenvalue weighted by atomic mass is 19.1. The van der Waals surface area contributed by atoms with Crippen molar-refractivity contribution in [1.29, 1.82) is 0 Å². The van der Waals surface area contributed by atoms with E-state index in [2.05, 4.69) is 4.98 Å². The van der Waals surface area contributed by atoms with Crippen molar-refractivity contribution in [2.75, 3.05) is 32.8 Å². The van der Waals surface area contributed by atoms with Gasteiger partial charge in [0.15, 0.2) is 6.61 Å². The quantitative estimate of drug-likeness (QED) is 0.793. The summed E-state index contributed by atoms with van der Waals surface area (Å²) in [7, 11) is 0. The molecule has 2 aromatic rings. The molecule has 0 bridgehead atoms. The van der Waals surface area contributed by atoms with Crippen molar-refractivity contribution in [3.63, 3.8) is 0 Å². The third-order valence-corrected chi connectivity index (χ3v) is 5.35. The molecule has 2 amide bonds. The van der Waals surface area contributed by atoms with E-state index in [0.29, 0.717) is 31.9 Å². The summed E-state index contributed by atoms with van der Waals surface area (Å²) >= 11 is 0. The molecule has 28 heavy (non-hydrogen) atoms. The molecule has 1 aliphatic heterocycles. The van der Waals surface area contributed by atoms with Crippen LogP contribution in [0.2, 0.25) is 0 Å². The zero-order valence-electron chi connectivity index (χ0n) is 15.5. The maximum Gasteiger partial charge on any atom is 0.260 e. The van der Waals surface area contributed by atoms with Crippen LogP contribution < -0.4 is 4.74 Å². The number of benzene rings is 1. The number of ether oxygens (including phenoxy) is 1. The first-order valence-electron chi connectivity index (χ1n) is 9.46. The predicted octanol–water partition coefficient (Wildman–Crippen LogP) is 2.07. The van der Waals surface area contributed by atoms with Crippen molar-refractivity contribution < 1.29 is 18.7 Å². The number of carbonyl (C=O) groups excluding carboxylic acids is 2. The molecule has 1 aliphatic carbocycles. The van der Waals surface area contributed by atoms with Gasteiger partial charge in [-0.15, -0.1) is 0 Å². The molecule has 2 atom stereocenters. The molecule has 7 heteroatoms. The van der Waals surface area contributed by atoms with Crippen LogP contribution in [0.15, 0.2) is 48.8 Å². The van der Waals surface area contributed by atoms with Crippen LogP contribution in [0.4, 0.5) is 4.39 Å². The second kappa shape index (κ2) is 7.96. The highest BCUT2D eigenvalue weighted by Crippen LogP contribution is 2.48. The molecule has 2 fully saturated rings. The van der Waals surface area contributed by atoms with Gasteiger partial charge in [0.25, 0.3) is 5.91 Å². The van der Waals surface area contributed by atoms with Crippen molar-refractivity contribution in [2.24, 2.45) is 5.92 Å². The van der Waals surface area contributed by atoms with Crippen LogP contribution in [-0.2, 0) is 9.59 Å². The summed E-state index contributed by atoms with van der Waals surface area (Å²) in [5.74, 6) is 0.493. The Morgan fingerprint density at radius 3 is 2.46 bits per heavy atom. The molecule has 1 saturated carbocycles. The van der Waals surface area contributed by atoms with Gasteiger partial charge >= 0.3 is 0 Å². The summed E-state index contributed by atoms with van der Waals surface area (Å²) in [5, 5.41) is 0. The standard InChI is InChI=1S/C21H22FN3O3/c22-16-5-3-15(4-6-16)18-12-19(18)21(27)25-10-8-24(9-11-25)20(26)14-28-17-2-1-7-23-13-17/h1-7,13,18-19H,8-12,14H2. The van der Waals surface area contributed by atoms with Crippen molar-refractivity contribution in [1.82, 2.24) is 14.8 Å². The van der Waals surface area contributed by atoms with Gasteiger partial charge in [0.1, 0.15) is 11.6 Å². The third kappa shape index (κ3) is 4.13. The molecule has 6 nitrogen and oxygen atoms in total. The topological polar surface area (TPSA) is 62.7 Å². The van der Waals surface area contributed by atoms with Crippen molar-refractivity contribution >= 4 is 11.8 Å². The fraction of sp³-hybridized carbons (Fsp3) is 0.381. The molecule has 0 radical (unpaired) electrons. The van der Waals surface area contributed by atoms with E-state index in [1.165, 1.54) is 12.1 Å². The molecular formula is C21H22FN3O3. The average Bonchev–Trinajstić information content (AvgIpc) is 3.54. The van der Waals surface area contributed by atoms with Crippen LogP contribution in [0.3, 0.4) is 0 Å². The Morgan fingerprint density at radius 1 is 1.07 bits per heavy atom. The number of carbonyl (C=O) groups is 2. The van der Waals surface area contributed by atoms with Crippen LogP contribution in [0, 0.1) is 11.7 Å². The van der Waals surface area contributed by atoms with Crippen LogP contribution in [0.25, 0.3) is 0 Å². The fourth-order valence-corrected chi connectivity index (χ4v) is 3.63. The summed E-state index contributed by atoms with van der Waals surface area (Å²) in [6, 6.07) is 9.89. The monoisotopic (exact) mass is 383 g/mol. The van der Waals surface area contributed by atoms with Crippen molar-refractivity contribution in [3.05, 3.63) is 60.2 Å². The summed E-state index contributed by atoms with van der Waals surface area (Å²) in [6.45, 7) is 2.05. The van der Waals surface area contributed by atoms with Crippen LogP contribution in [0.5, 0.6) is 5.75 Å². The largest absolute Gasteiger partial charge is 0.482 e. The van der Waals surface area contributed by atoms with E-state index in [0.717, 1.165) is 12.0 Å². The molecule has 2 unspecified atom stereocenters. The molecule has 1 aromatic carbocycles. The van der Waals surface area contributed by atoms with Gasteiger partial charge in [-0.25, -0.2) is 4.39 Å². The van der Waals surface area contributed by atoms with Gasteiger partial charge in [0.2, 0.25) is 5.91 Å². The smallest absolute Gasteiger partial charge is 0.260 e. The number of hydrogen-bond acceptors (Lipinski definition) is 4. The lowest BCUT2D eigenvalue weighted by molar-refractivity contribution is -0.141. The van der Waals surface area contributed by atoms with E-state index in [9.17, 15) is 14.0 Å². The number of hydrogen-bond donors (Lipinski definition) is 0. The molecule has 4 rings (SSSR count). The number of halogens is 1. The Morgan fingerprint density at radius 2 is 1.79 bits per heavy atom. The van der Waals surface area contributed by atoms with E-state index in [-0.39, 0.29) is 36.1 Å². The summed E-state index contributed by atoms with van der Waals surface area (Å²) < 4.78 is 18.5. The number of amides is 2. The molecule has 1 aromatic heterocycles. The van der Waals surface area contributed by atoms with Gasteiger partial charge in [-0.1, -0.05) is 12.1 Å². The number of pyridine rings is 1. The maximum atomic E-state index is 13.1. The average molecular weight is 383 g/mol. The molecule has 146 valence electrons. The number of aromatic nitrogens is 1. The number of rotatable bonds is 5. The summed E-state index contributed by atoms with van der Waals surface area (Å²) in [6.07, 6.45) is 4.02. The summed E-state index contributed by atoms with van der Waals surface area (Å²) in [4.78, 5) is 32.5. The molecule has 0 spiro atoms. The van der Waals surface area contributed by atoms with Crippen molar-refractivity contribution in [3.8, 4) is 5.75 Å². The SMILES string of the molecule is O=C(COc1cccnc1)N1CCN(C(=O)C2CC2c2ccc(F)cc2)CC1. The van der Waals surface area contributed by atoms with Crippen LogP contribution in [-0.4, -0.2) is 59.4 Å². The first-order chi connectivity index (χ1) is 13.6. The van der Waals surface area contributed by atoms with E-state index in [1.54, 1.807) is 41.6 Å². The van der Waals surface area contributed by atoms with E-state index < -0.39 is 0 Å². The maximum absolute atomic E-state index is 13.1. The minimum absolute atomic E-state index is 0.0263. The minimum atomic E-state index is -0.263. The lowest BCUT2D eigenvalue weighted by atomic mass is 10.1. The minimum Gasteiger partial charge on any atom is -0.482 e. The van der Waals surface area contributed by atoms with Crippen LogP contribution in [0.1, 0.15) is 17.9 Å². The summed E-state index contributed by atoms with van der Waals surface area (Å²) in [5.41, 5.74) is 1.01. The second-order valence-electron chi connectivity index (χ2n) is 7.18. The lowest BCUT2D eigenvalue weighted by Gasteiger charge is -2.35. The van der Waals surface area contributed by atoms with Crippen LogP contribution >= 0.6 is 0 Å².